The Kier molecular flexibility index (Phi) is 1.49. The fourth-order valence-electron chi connectivity index (χ4n) is 1.70. The van der Waals surface area contributed by atoms with Crippen LogP contribution in [0.4, 0.5) is 0 Å². The molecular weight excluding hydrogens is 244 g/mol. The van der Waals surface area contributed by atoms with Crippen molar-refractivity contribution in [2.75, 3.05) is 0 Å². The standard InChI is InChI=1S/C7H8Br2/c8-6-4-1-2-5(3-4)7(6)9/h1-2,4-7H,3H2/t4-,5+,6-,7-/m1/s1. The number of alkyl halides is 2. The van der Waals surface area contributed by atoms with Gasteiger partial charge in [-0.15, -0.1) is 0 Å². The fraction of sp³-hybridized carbons (Fsp3) is 0.714. The van der Waals surface area contributed by atoms with Crippen molar-refractivity contribution in [2.24, 2.45) is 11.8 Å². The van der Waals surface area contributed by atoms with Crippen LogP contribution in [0.5, 0.6) is 0 Å². The highest BCUT2D eigenvalue weighted by Crippen LogP contribution is 2.46. The second-order valence-electron chi connectivity index (χ2n) is 2.84. The molecule has 9 heavy (non-hydrogen) atoms. The molecule has 2 bridgehead atoms. The summed E-state index contributed by atoms with van der Waals surface area (Å²) in [5, 5.41) is 0. The van der Waals surface area contributed by atoms with Crippen LogP contribution in [-0.2, 0) is 0 Å². The van der Waals surface area contributed by atoms with E-state index in [1.54, 1.807) is 0 Å². The molecule has 1 fully saturated rings. The van der Waals surface area contributed by atoms with Gasteiger partial charge in [0.05, 0.1) is 0 Å². The average molecular weight is 252 g/mol. The zero-order valence-electron chi connectivity index (χ0n) is 4.93. The fourth-order valence-corrected chi connectivity index (χ4v) is 3.27. The Bertz CT molecular complexity index is 137. The van der Waals surface area contributed by atoms with Crippen LogP contribution >= 0.6 is 31.9 Å². The normalized spacial score (nSPS) is 54.9. The summed E-state index contributed by atoms with van der Waals surface area (Å²) in [7, 11) is 0. The molecule has 1 saturated carbocycles. The Balaban J connectivity index is 2.26. The number of allylic oxidation sites excluding steroid dienone is 2. The monoisotopic (exact) mass is 250 g/mol. The lowest BCUT2D eigenvalue weighted by atomic mass is 10.1. The maximum atomic E-state index is 3.66. The molecule has 0 radical (unpaired) electrons. The van der Waals surface area contributed by atoms with Crippen LogP contribution in [0.3, 0.4) is 0 Å². The highest BCUT2D eigenvalue weighted by molar-refractivity contribution is 9.12. The zero-order chi connectivity index (χ0) is 6.43. The van der Waals surface area contributed by atoms with Crippen LogP contribution in [0.15, 0.2) is 12.2 Å². The largest absolute Gasteiger partial charge is 0.0872 e. The number of halogens is 2. The van der Waals surface area contributed by atoms with Gasteiger partial charge in [0, 0.05) is 9.65 Å². The summed E-state index contributed by atoms with van der Waals surface area (Å²) in [6.07, 6.45) is 6.02. The second kappa shape index (κ2) is 2.09. The number of fused-ring (bicyclic) bond motifs is 2. The highest BCUT2D eigenvalue weighted by Gasteiger charge is 2.41. The second-order valence-corrected chi connectivity index (χ2v) is 4.95. The van der Waals surface area contributed by atoms with Gasteiger partial charge in [0.1, 0.15) is 0 Å². The van der Waals surface area contributed by atoms with E-state index in [0.717, 1.165) is 11.8 Å². The molecular formula is C7H8Br2. The third kappa shape index (κ3) is 0.829. The zero-order valence-corrected chi connectivity index (χ0v) is 8.10. The summed E-state index contributed by atoms with van der Waals surface area (Å²) < 4.78 is 0. The first-order valence-electron chi connectivity index (χ1n) is 3.25. The van der Waals surface area contributed by atoms with Gasteiger partial charge in [0.25, 0.3) is 0 Å². The Morgan fingerprint density at radius 2 is 1.44 bits per heavy atom. The van der Waals surface area contributed by atoms with Crippen LogP contribution in [0, 0.1) is 11.8 Å². The predicted molar refractivity (Wildman–Crippen MR) is 46.2 cm³/mol. The van der Waals surface area contributed by atoms with Gasteiger partial charge in [-0.3, -0.25) is 0 Å². The number of rotatable bonds is 0. The van der Waals surface area contributed by atoms with E-state index in [4.69, 9.17) is 0 Å². The number of hydrogen-bond acceptors (Lipinski definition) is 0. The Morgan fingerprint density at radius 1 is 1.00 bits per heavy atom. The first-order valence-corrected chi connectivity index (χ1v) is 5.08. The first kappa shape index (κ1) is 6.41. The molecule has 50 valence electrons. The van der Waals surface area contributed by atoms with Gasteiger partial charge in [0.15, 0.2) is 0 Å². The van der Waals surface area contributed by atoms with Crippen molar-refractivity contribution >= 4 is 31.9 Å². The Hall–Kier alpha value is 0.700. The van der Waals surface area contributed by atoms with E-state index >= 15 is 0 Å². The van der Waals surface area contributed by atoms with Crippen LogP contribution in [-0.4, -0.2) is 9.65 Å². The van der Waals surface area contributed by atoms with E-state index < -0.39 is 0 Å². The molecule has 0 nitrogen and oxygen atoms in total. The summed E-state index contributed by atoms with van der Waals surface area (Å²) >= 11 is 7.33. The van der Waals surface area contributed by atoms with E-state index in [2.05, 4.69) is 44.0 Å². The lowest BCUT2D eigenvalue weighted by Crippen LogP contribution is -2.18. The van der Waals surface area contributed by atoms with Gasteiger partial charge in [0.2, 0.25) is 0 Å². The van der Waals surface area contributed by atoms with Crippen molar-refractivity contribution in [1.29, 1.82) is 0 Å². The molecule has 0 saturated heterocycles. The van der Waals surface area contributed by atoms with E-state index in [0.29, 0.717) is 9.65 Å². The molecule has 0 aromatic rings. The smallest absolute Gasteiger partial charge is 0.0339 e. The minimum Gasteiger partial charge on any atom is -0.0872 e. The van der Waals surface area contributed by atoms with E-state index in [-0.39, 0.29) is 0 Å². The Morgan fingerprint density at radius 3 is 1.67 bits per heavy atom. The molecule has 0 amide bonds. The van der Waals surface area contributed by atoms with Crippen LogP contribution in [0.25, 0.3) is 0 Å². The SMILES string of the molecule is Br[C@H]1[C@H](Br)[C@H]2C=C[C@@H]1C2. The molecule has 0 spiro atoms. The van der Waals surface area contributed by atoms with Crippen molar-refractivity contribution in [3.8, 4) is 0 Å². The molecule has 4 atom stereocenters. The summed E-state index contributed by atoms with van der Waals surface area (Å²) in [4.78, 5) is 1.38. The molecule has 2 aliphatic carbocycles. The molecule has 0 aliphatic heterocycles. The van der Waals surface area contributed by atoms with Crippen LogP contribution in [0.1, 0.15) is 6.42 Å². The summed E-state index contributed by atoms with van der Waals surface area (Å²) in [6.45, 7) is 0. The predicted octanol–water partition coefficient (Wildman–Crippen LogP) is 2.72. The lowest BCUT2D eigenvalue weighted by molar-refractivity contribution is 0.699. The molecule has 0 N–H and O–H groups in total. The van der Waals surface area contributed by atoms with Crippen molar-refractivity contribution in [3.63, 3.8) is 0 Å². The summed E-state index contributed by atoms with van der Waals surface area (Å²) in [5.41, 5.74) is 0. The molecule has 0 heterocycles. The minimum absolute atomic E-state index is 0.688. The van der Waals surface area contributed by atoms with Crippen molar-refractivity contribution in [1.82, 2.24) is 0 Å². The molecule has 0 unspecified atom stereocenters. The van der Waals surface area contributed by atoms with Crippen molar-refractivity contribution < 1.29 is 0 Å². The van der Waals surface area contributed by atoms with Gasteiger partial charge < -0.3 is 0 Å². The van der Waals surface area contributed by atoms with E-state index in [1.165, 1.54) is 6.42 Å². The quantitative estimate of drug-likeness (QED) is 0.459. The summed E-state index contributed by atoms with van der Waals surface area (Å²) in [6, 6.07) is 0. The van der Waals surface area contributed by atoms with E-state index in [1.807, 2.05) is 0 Å². The molecule has 2 aliphatic rings. The molecule has 2 rings (SSSR count). The van der Waals surface area contributed by atoms with Gasteiger partial charge in [-0.05, 0) is 18.3 Å². The first-order chi connectivity index (χ1) is 4.29. The van der Waals surface area contributed by atoms with Crippen molar-refractivity contribution in [3.05, 3.63) is 12.2 Å². The average Bonchev–Trinajstić information content (AvgIpc) is 2.37. The maximum absolute atomic E-state index is 3.66. The van der Waals surface area contributed by atoms with Crippen LogP contribution in [0.2, 0.25) is 0 Å². The third-order valence-corrected chi connectivity index (χ3v) is 5.48. The summed E-state index contributed by atoms with van der Waals surface area (Å²) in [5.74, 6) is 1.61. The van der Waals surface area contributed by atoms with Gasteiger partial charge in [-0.2, -0.15) is 0 Å². The molecule has 2 heteroatoms. The number of hydrogen-bond donors (Lipinski definition) is 0. The van der Waals surface area contributed by atoms with Gasteiger partial charge in [-0.25, -0.2) is 0 Å². The van der Waals surface area contributed by atoms with Gasteiger partial charge >= 0.3 is 0 Å². The third-order valence-electron chi connectivity index (χ3n) is 2.27. The Labute approximate surface area is 72.0 Å². The van der Waals surface area contributed by atoms with Crippen LogP contribution < -0.4 is 0 Å². The lowest BCUT2D eigenvalue weighted by Gasteiger charge is -2.16. The highest BCUT2D eigenvalue weighted by atomic mass is 79.9. The van der Waals surface area contributed by atoms with Crippen molar-refractivity contribution in [2.45, 2.75) is 16.1 Å². The maximum Gasteiger partial charge on any atom is 0.0339 e. The van der Waals surface area contributed by atoms with Gasteiger partial charge in [-0.1, -0.05) is 44.0 Å². The minimum atomic E-state index is 0.688. The molecule has 0 aromatic heterocycles. The molecule has 0 aromatic carbocycles. The van der Waals surface area contributed by atoms with E-state index in [9.17, 15) is 0 Å². The topological polar surface area (TPSA) is 0 Å².